The number of hydrogen-bond acceptors (Lipinski definition) is 3. The number of aryl methyl sites for hydroxylation is 1. The molecule has 1 amide bonds. The van der Waals surface area contributed by atoms with Crippen LogP contribution in [0, 0.1) is 6.92 Å². The topological polar surface area (TPSA) is 52.0 Å². The van der Waals surface area contributed by atoms with E-state index in [4.69, 9.17) is 9.47 Å². The predicted molar refractivity (Wildman–Crippen MR) is 80.9 cm³/mol. The van der Waals surface area contributed by atoms with Crippen molar-refractivity contribution in [3.05, 3.63) is 23.3 Å². The molecule has 21 heavy (non-hydrogen) atoms. The van der Waals surface area contributed by atoms with E-state index in [1.165, 1.54) is 5.56 Å². The Bertz CT molecular complexity index is 512. The maximum Gasteiger partial charge on any atom is 0.275 e. The summed E-state index contributed by atoms with van der Waals surface area (Å²) in [6, 6.07) is 4.40. The SMILES string of the molecule is COc1cc(C)c(C[NH+](C)CC(=O)NC2CC2)cc1OC. The van der Waals surface area contributed by atoms with Crippen LogP contribution in [0.1, 0.15) is 24.0 Å². The first kappa shape index (κ1) is 15.6. The zero-order chi connectivity index (χ0) is 15.4. The molecule has 0 heterocycles. The molecule has 0 radical (unpaired) electrons. The molecule has 5 heteroatoms. The van der Waals surface area contributed by atoms with Gasteiger partial charge in [0.1, 0.15) is 6.54 Å². The Balaban J connectivity index is 1.98. The van der Waals surface area contributed by atoms with E-state index >= 15 is 0 Å². The van der Waals surface area contributed by atoms with Crippen LogP contribution in [0.25, 0.3) is 0 Å². The molecular weight excluding hydrogens is 268 g/mol. The van der Waals surface area contributed by atoms with Crippen LogP contribution in [0.5, 0.6) is 11.5 Å². The van der Waals surface area contributed by atoms with Crippen molar-refractivity contribution < 1.29 is 19.2 Å². The first-order valence-electron chi connectivity index (χ1n) is 7.35. The van der Waals surface area contributed by atoms with Gasteiger partial charge in [-0.3, -0.25) is 4.79 Å². The monoisotopic (exact) mass is 293 g/mol. The third kappa shape index (κ3) is 4.36. The lowest BCUT2D eigenvalue weighted by Gasteiger charge is -2.17. The summed E-state index contributed by atoms with van der Waals surface area (Å²) in [5, 5.41) is 3.02. The standard InChI is InChI=1S/C16H24N2O3/c1-11-7-14(20-3)15(21-4)8-12(11)9-18(2)10-16(19)17-13-5-6-13/h7-8,13H,5-6,9-10H2,1-4H3,(H,17,19)/p+1. The predicted octanol–water partition coefficient (Wildman–Crippen LogP) is 0.306. The van der Waals surface area contributed by atoms with Gasteiger partial charge in [-0.05, 0) is 37.5 Å². The second kappa shape index (κ2) is 6.80. The maximum absolute atomic E-state index is 11.8. The van der Waals surface area contributed by atoms with E-state index in [9.17, 15) is 4.79 Å². The second-order valence-electron chi connectivity index (χ2n) is 5.79. The summed E-state index contributed by atoms with van der Waals surface area (Å²) in [5.74, 6) is 1.60. The van der Waals surface area contributed by atoms with E-state index < -0.39 is 0 Å². The highest BCUT2D eigenvalue weighted by atomic mass is 16.5. The van der Waals surface area contributed by atoms with E-state index in [2.05, 4.69) is 12.2 Å². The van der Waals surface area contributed by atoms with Crippen molar-refractivity contribution in [1.82, 2.24) is 5.32 Å². The maximum atomic E-state index is 11.8. The quantitative estimate of drug-likeness (QED) is 0.760. The Morgan fingerprint density at radius 1 is 1.29 bits per heavy atom. The number of amides is 1. The van der Waals surface area contributed by atoms with Gasteiger partial charge in [0.25, 0.3) is 5.91 Å². The lowest BCUT2D eigenvalue weighted by Crippen LogP contribution is -3.09. The van der Waals surface area contributed by atoms with Crippen molar-refractivity contribution in [3.8, 4) is 11.5 Å². The lowest BCUT2D eigenvalue weighted by molar-refractivity contribution is -0.885. The highest BCUT2D eigenvalue weighted by Gasteiger charge is 2.24. The molecule has 1 aromatic carbocycles. The van der Waals surface area contributed by atoms with Crippen LogP contribution in [0.15, 0.2) is 12.1 Å². The highest BCUT2D eigenvalue weighted by Crippen LogP contribution is 2.29. The number of methoxy groups -OCH3 is 2. The van der Waals surface area contributed by atoms with Crippen LogP contribution in [-0.2, 0) is 11.3 Å². The first-order valence-corrected chi connectivity index (χ1v) is 7.35. The molecular formula is C16H25N2O3+. The van der Waals surface area contributed by atoms with E-state index in [1.807, 2.05) is 19.2 Å². The average molecular weight is 293 g/mol. The number of likely N-dealkylation sites (N-methyl/N-ethyl adjacent to an activating group) is 1. The number of nitrogens with one attached hydrogen (secondary N) is 2. The van der Waals surface area contributed by atoms with Gasteiger partial charge in [-0.1, -0.05) is 0 Å². The molecule has 0 aromatic heterocycles. The number of carbonyl (C=O) groups is 1. The molecule has 0 spiro atoms. The third-order valence-corrected chi connectivity index (χ3v) is 3.74. The summed E-state index contributed by atoms with van der Waals surface area (Å²) in [4.78, 5) is 13.0. The fourth-order valence-electron chi connectivity index (χ4n) is 2.38. The first-order chi connectivity index (χ1) is 10.0. The Hall–Kier alpha value is -1.75. The van der Waals surface area contributed by atoms with Gasteiger partial charge in [0.15, 0.2) is 18.0 Å². The Morgan fingerprint density at radius 2 is 1.90 bits per heavy atom. The van der Waals surface area contributed by atoms with Gasteiger partial charge in [0.05, 0.1) is 21.3 Å². The van der Waals surface area contributed by atoms with Crippen molar-refractivity contribution in [1.29, 1.82) is 0 Å². The van der Waals surface area contributed by atoms with Crippen molar-refractivity contribution in [2.45, 2.75) is 32.4 Å². The van der Waals surface area contributed by atoms with Gasteiger partial charge in [-0.2, -0.15) is 0 Å². The van der Waals surface area contributed by atoms with Crippen LogP contribution < -0.4 is 19.7 Å². The van der Waals surface area contributed by atoms with E-state index in [1.54, 1.807) is 14.2 Å². The summed E-state index contributed by atoms with van der Waals surface area (Å²) in [7, 11) is 5.30. The van der Waals surface area contributed by atoms with Crippen molar-refractivity contribution in [2.24, 2.45) is 0 Å². The largest absolute Gasteiger partial charge is 0.493 e. The molecule has 0 bridgehead atoms. The molecule has 1 saturated carbocycles. The van der Waals surface area contributed by atoms with Crippen LogP contribution in [0.4, 0.5) is 0 Å². The number of carbonyl (C=O) groups excluding carboxylic acids is 1. The molecule has 1 atom stereocenters. The van der Waals surface area contributed by atoms with Gasteiger partial charge in [-0.25, -0.2) is 0 Å². The van der Waals surface area contributed by atoms with Crippen LogP contribution >= 0.6 is 0 Å². The van der Waals surface area contributed by atoms with Crippen LogP contribution in [0.3, 0.4) is 0 Å². The summed E-state index contributed by atoms with van der Waals surface area (Å²) in [6.07, 6.45) is 2.25. The van der Waals surface area contributed by atoms with Crippen LogP contribution in [-0.4, -0.2) is 39.8 Å². The Kier molecular flexibility index (Phi) is 5.07. The summed E-state index contributed by atoms with van der Waals surface area (Å²) in [5.41, 5.74) is 2.32. The van der Waals surface area contributed by atoms with Gasteiger partial charge < -0.3 is 19.7 Å². The number of hydrogen-bond donors (Lipinski definition) is 2. The molecule has 0 aliphatic heterocycles. The molecule has 1 aliphatic rings. The summed E-state index contributed by atoms with van der Waals surface area (Å²) < 4.78 is 10.6. The molecule has 5 nitrogen and oxygen atoms in total. The molecule has 1 unspecified atom stereocenters. The number of ether oxygens (including phenoxy) is 2. The average Bonchev–Trinajstić information content (AvgIpc) is 3.24. The Morgan fingerprint density at radius 3 is 2.48 bits per heavy atom. The molecule has 116 valence electrons. The highest BCUT2D eigenvalue weighted by molar-refractivity contribution is 5.77. The number of benzene rings is 1. The minimum atomic E-state index is 0.133. The second-order valence-corrected chi connectivity index (χ2v) is 5.79. The molecule has 2 rings (SSSR count). The van der Waals surface area contributed by atoms with Crippen molar-refractivity contribution in [3.63, 3.8) is 0 Å². The van der Waals surface area contributed by atoms with Crippen LogP contribution in [0.2, 0.25) is 0 Å². The molecule has 0 saturated heterocycles. The van der Waals surface area contributed by atoms with E-state index in [0.29, 0.717) is 12.6 Å². The molecule has 1 aromatic rings. The molecule has 2 N–H and O–H groups in total. The number of rotatable bonds is 7. The normalized spacial score (nSPS) is 15.4. The lowest BCUT2D eigenvalue weighted by atomic mass is 10.1. The van der Waals surface area contributed by atoms with Gasteiger partial charge >= 0.3 is 0 Å². The van der Waals surface area contributed by atoms with Gasteiger partial charge in [0, 0.05) is 11.6 Å². The molecule has 1 aliphatic carbocycles. The zero-order valence-electron chi connectivity index (χ0n) is 13.3. The summed E-state index contributed by atoms with van der Waals surface area (Å²) in [6.45, 7) is 3.32. The Labute approximate surface area is 126 Å². The van der Waals surface area contributed by atoms with Crippen molar-refractivity contribution in [2.75, 3.05) is 27.8 Å². The minimum Gasteiger partial charge on any atom is -0.493 e. The fourth-order valence-corrected chi connectivity index (χ4v) is 2.38. The number of quaternary nitrogens is 1. The van der Waals surface area contributed by atoms with Gasteiger partial charge in [-0.15, -0.1) is 0 Å². The van der Waals surface area contributed by atoms with Crippen molar-refractivity contribution >= 4 is 5.91 Å². The van der Waals surface area contributed by atoms with Gasteiger partial charge in [0.2, 0.25) is 0 Å². The summed E-state index contributed by atoms with van der Waals surface area (Å²) >= 11 is 0. The van der Waals surface area contributed by atoms with E-state index in [0.717, 1.165) is 41.3 Å². The van der Waals surface area contributed by atoms with E-state index in [-0.39, 0.29) is 5.91 Å². The fraction of sp³-hybridized carbons (Fsp3) is 0.562. The zero-order valence-corrected chi connectivity index (χ0v) is 13.3. The smallest absolute Gasteiger partial charge is 0.275 e. The minimum absolute atomic E-state index is 0.133. The third-order valence-electron chi connectivity index (χ3n) is 3.74. The molecule has 1 fully saturated rings.